The number of methoxy groups -OCH3 is 1. The molecule has 0 N–H and O–H groups in total. The van der Waals surface area contributed by atoms with E-state index in [0.29, 0.717) is 6.42 Å². The first kappa shape index (κ1) is 11.6. The van der Waals surface area contributed by atoms with Gasteiger partial charge in [0, 0.05) is 11.6 Å². The molecule has 1 atom stereocenters. The van der Waals surface area contributed by atoms with Crippen molar-refractivity contribution in [2.45, 2.75) is 19.3 Å². The fraction of sp³-hybridized carbons (Fsp3) is 0.364. The van der Waals surface area contributed by atoms with Crippen LogP contribution in [0.3, 0.4) is 0 Å². The summed E-state index contributed by atoms with van der Waals surface area (Å²) in [6, 6.07) is 3.17. The lowest BCUT2D eigenvalue weighted by atomic mass is 9.96. The molecule has 0 aliphatic heterocycles. The van der Waals surface area contributed by atoms with E-state index in [1.807, 2.05) is 0 Å². The van der Waals surface area contributed by atoms with Crippen molar-refractivity contribution < 1.29 is 18.3 Å². The van der Waals surface area contributed by atoms with Gasteiger partial charge in [-0.1, -0.05) is 13.0 Å². The van der Waals surface area contributed by atoms with E-state index in [0.717, 1.165) is 12.1 Å². The molecule has 82 valence electrons. The Morgan fingerprint density at radius 3 is 2.60 bits per heavy atom. The maximum absolute atomic E-state index is 13.3. The van der Waals surface area contributed by atoms with E-state index >= 15 is 0 Å². The Bertz CT molecular complexity index is 364. The molecule has 1 aromatic rings. The molecule has 0 bridgehead atoms. The summed E-state index contributed by atoms with van der Waals surface area (Å²) < 4.78 is 30.5. The van der Waals surface area contributed by atoms with Crippen molar-refractivity contribution in [1.29, 1.82) is 0 Å². The number of rotatable bonds is 3. The van der Waals surface area contributed by atoms with Gasteiger partial charge in [-0.05, 0) is 12.5 Å². The van der Waals surface area contributed by atoms with Crippen LogP contribution in [0.2, 0.25) is 0 Å². The van der Waals surface area contributed by atoms with Crippen molar-refractivity contribution in [3.63, 3.8) is 0 Å². The summed E-state index contributed by atoms with van der Waals surface area (Å²) in [5, 5.41) is 0. The monoisotopic (exact) mass is 214 g/mol. The van der Waals surface area contributed by atoms with Gasteiger partial charge in [-0.3, -0.25) is 4.79 Å². The topological polar surface area (TPSA) is 26.3 Å². The second kappa shape index (κ2) is 4.87. The molecule has 0 spiro atoms. The summed E-state index contributed by atoms with van der Waals surface area (Å²) in [7, 11) is 1.24. The summed E-state index contributed by atoms with van der Waals surface area (Å²) in [5.74, 6) is -2.55. The van der Waals surface area contributed by atoms with E-state index in [4.69, 9.17) is 0 Å². The number of hydrogen-bond acceptors (Lipinski definition) is 2. The average molecular weight is 214 g/mol. The van der Waals surface area contributed by atoms with Gasteiger partial charge in [0.05, 0.1) is 13.0 Å². The molecule has 0 aliphatic carbocycles. The lowest BCUT2D eigenvalue weighted by Crippen LogP contribution is -2.14. The van der Waals surface area contributed by atoms with Gasteiger partial charge in [0.2, 0.25) is 0 Å². The second-order valence-corrected chi connectivity index (χ2v) is 3.15. The lowest BCUT2D eigenvalue weighted by molar-refractivity contribution is -0.142. The highest BCUT2D eigenvalue weighted by Gasteiger charge is 2.22. The summed E-state index contributed by atoms with van der Waals surface area (Å²) in [4.78, 5) is 11.3. The summed E-state index contributed by atoms with van der Waals surface area (Å²) in [6.07, 6.45) is 0.412. The molecule has 15 heavy (non-hydrogen) atoms. The van der Waals surface area contributed by atoms with E-state index < -0.39 is 23.5 Å². The molecule has 0 aromatic heterocycles. The quantitative estimate of drug-likeness (QED) is 0.723. The number of benzene rings is 1. The highest BCUT2D eigenvalue weighted by Crippen LogP contribution is 2.24. The highest BCUT2D eigenvalue weighted by molar-refractivity contribution is 5.78. The zero-order chi connectivity index (χ0) is 11.4. The SMILES string of the molecule is CCC(C(=O)OC)c1ccc(F)cc1F. The molecule has 1 rings (SSSR count). The first-order chi connectivity index (χ1) is 7.10. The van der Waals surface area contributed by atoms with Gasteiger partial charge in [0.15, 0.2) is 0 Å². The van der Waals surface area contributed by atoms with Crippen LogP contribution < -0.4 is 0 Å². The van der Waals surface area contributed by atoms with Crippen molar-refractivity contribution in [3.05, 3.63) is 35.4 Å². The smallest absolute Gasteiger partial charge is 0.313 e. The van der Waals surface area contributed by atoms with E-state index in [1.54, 1.807) is 6.92 Å². The zero-order valence-electron chi connectivity index (χ0n) is 8.59. The van der Waals surface area contributed by atoms with E-state index in [2.05, 4.69) is 4.74 Å². The fourth-order valence-corrected chi connectivity index (χ4v) is 1.44. The zero-order valence-corrected chi connectivity index (χ0v) is 8.59. The van der Waals surface area contributed by atoms with Crippen LogP contribution in [0.5, 0.6) is 0 Å². The summed E-state index contributed by atoms with van der Waals surface area (Å²) in [6.45, 7) is 1.74. The molecule has 2 nitrogen and oxygen atoms in total. The largest absolute Gasteiger partial charge is 0.469 e. The highest BCUT2D eigenvalue weighted by atomic mass is 19.1. The molecular weight excluding hydrogens is 202 g/mol. The van der Waals surface area contributed by atoms with Gasteiger partial charge in [0.1, 0.15) is 11.6 Å². The maximum atomic E-state index is 13.3. The number of carbonyl (C=O) groups is 1. The Labute approximate surface area is 86.9 Å². The molecular formula is C11H12F2O2. The molecule has 1 unspecified atom stereocenters. The predicted molar refractivity (Wildman–Crippen MR) is 51.4 cm³/mol. The number of carbonyl (C=O) groups excluding carboxylic acids is 1. The average Bonchev–Trinajstić information content (AvgIpc) is 2.21. The Balaban J connectivity index is 3.07. The Morgan fingerprint density at radius 2 is 2.13 bits per heavy atom. The van der Waals surface area contributed by atoms with Gasteiger partial charge in [-0.2, -0.15) is 0 Å². The van der Waals surface area contributed by atoms with Crippen molar-refractivity contribution in [2.75, 3.05) is 7.11 Å². The van der Waals surface area contributed by atoms with Gasteiger partial charge in [-0.15, -0.1) is 0 Å². The van der Waals surface area contributed by atoms with Crippen LogP contribution in [0, 0.1) is 11.6 Å². The summed E-state index contributed by atoms with van der Waals surface area (Å²) >= 11 is 0. The molecule has 0 fully saturated rings. The van der Waals surface area contributed by atoms with Crippen molar-refractivity contribution in [1.82, 2.24) is 0 Å². The second-order valence-electron chi connectivity index (χ2n) is 3.15. The number of ether oxygens (including phenoxy) is 1. The Hall–Kier alpha value is -1.45. The van der Waals surface area contributed by atoms with Crippen LogP contribution in [0.15, 0.2) is 18.2 Å². The van der Waals surface area contributed by atoms with Crippen LogP contribution >= 0.6 is 0 Å². The Kier molecular flexibility index (Phi) is 3.77. The number of esters is 1. The van der Waals surface area contributed by atoms with Crippen molar-refractivity contribution >= 4 is 5.97 Å². The minimum atomic E-state index is -0.716. The molecule has 0 saturated heterocycles. The van der Waals surface area contributed by atoms with Crippen LogP contribution in [-0.2, 0) is 9.53 Å². The molecule has 1 aromatic carbocycles. The molecule has 0 saturated carbocycles. The van der Waals surface area contributed by atoms with Crippen LogP contribution in [-0.4, -0.2) is 13.1 Å². The third-order valence-corrected chi connectivity index (χ3v) is 2.23. The standard InChI is InChI=1S/C11H12F2O2/c1-3-8(11(14)15-2)9-5-4-7(12)6-10(9)13/h4-6,8H,3H2,1-2H3. The van der Waals surface area contributed by atoms with Crippen molar-refractivity contribution in [3.8, 4) is 0 Å². The molecule has 0 radical (unpaired) electrons. The van der Waals surface area contributed by atoms with Gasteiger partial charge >= 0.3 is 5.97 Å². The molecule has 0 amide bonds. The van der Waals surface area contributed by atoms with Crippen LogP contribution in [0.25, 0.3) is 0 Å². The first-order valence-corrected chi connectivity index (χ1v) is 4.63. The first-order valence-electron chi connectivity index (χ1n) is 4.63. The lowest BCUT2D eigenvalue weighted by Gasteiger charge is -2.13. The van der Waals surface area contributed by atoms with Gasteiger partial charge < -0.3 is 4.74 Å². The third-order valence-electron chi connectivity index (χ3n) is 2.23. The van der Waals surface area contributed by atoms with Crippen LogP contribution in [0.1, 0.15) is 24.8 Å². The number of halogens is 2. The third kappa shape index (κ3) is 2.52. The maximum Gasteiger partial charge on any atom is 0.313 e. The minimum absolute atomic E-state index is 0.172. The van der Waals surface area contributed by atoms with Gasteiger partial charge in [0.25, 0.3) is 0 Å². The Morgan fingerprint density at radius 1 is 1.47 bits per heavy atom. The van der Waals surface area contributed by atoms with Gasteiger partial charge in [-0.25, -0.2) is 8.78 Å². The molecule has 4 heteroatoms. The summed E-state index contributed by atoms with van der Waals surface area (Å²) in [5.41, 5.74) is 0.172. The number of hydrogen-bond donors (Lipinski definition) is 0. The molecule has 0 aliphatic rings. The van der Waals surface area contributed by atoms with E-state index in [-0.39, 0.29) is 5.56 Å². The van der Waals surface area contributed by atoms with E-state index in [9.17, 15) is 13.6 Å². The van der Waals surface area contributed by atoms with Crippen molar-refractivity contribution in [2.24, 2.45) is 0 Å². The normalized spacial score (nSPS) is 12.3. The minimum Gasteiger partial charge on any atom is -0.469 e. The predicted octanol–water partition coefficient (Wildman–Crippen LogP) is 2.63. The fourth-order valence-electron chi connectivity index (χ4n) is 1.44. The molecule has 0 heterocycles. The van der Waals surface area contributed by atoms with Crippen LogP contribution in [0.4, 0.5) is 8.78 Å². The van der Waals surface area contributed by atoms with E-state index in [1.165, 1.54) is 13.2 Å².